The summed E-state index contributed by atoms with van der Waals surface area (Å²) in [5.41, 5.74) is 4.69. The van der Waals surface area contributed by atoms with Crippen molar-refractivity contribution in [1.29, 1.82) is 0 Å². The minimum Gasteiger partial charge on any atom is -0.395 e. The summed E-state index contributed by atoms with van der Waals surface area (Å²) in [6.45, 7) is 5.55. The van der Waals surface area contributed by atoms with E-state index in [1.165, 1.54) is 0 Å². The summed E-state index contributed by atoms with van der Waals surface area (Å²) in [6.07, 6.45) is 0. The standard InChI is InChI=1S/C8H17NO3/c1-8(2,3)12-5-6(4-10)7(9)11/h6,10H,4-5H2,1-3H3,(H2,9,11). The molecule has 0 aromatic carbocycles. The van der Waals surface area contributed by atoms with Crippen molar-refractivity contribution in [2.45, 2.75) is 26.4 Å². The lowest BCUT2D eigenvalue weighted by Crippen LogP contribution is -2.33. The van der Waals surface area contributed by atoms with Gasteiger partial charge < -0.3 is 15.6 Å². The minimum absolute atomic E-state index is 0.176. The van der Waals surface area contributed by atoms with Crippen LogP contribution in [0.2, 0.25) is 0 Å². The first kappa shape index (κ1) is 11.4. The predicted octanol–water partition coefficient (Wildman–Crippen LogP) is -0.105. The summed E-state index contributed by atoms with van der Waals surface area (Å²) in [5, 5.41) is 8.71. The van der Waals surface area contributed by atoms with Gasteiger partial charge in [-0.2, -0.15) is 0 Å². The molecule has 0 heterocycles. The summed E-state index contributed by atoms with van der Waals surface area (Å²) < 4.78 is 5.28. The largest absolute Gasteiger partial charge is 0.395 e. The Morgan fingerprint density at radius 3 is 2.33 bits per heavy atom. The topological polar surface area (TPSA) is 72.6 Å². The molecule has 12 heavy (non-hydrogen) atoms. The highest BCUT2D eigenvalue weighted by atomic mass is 16.5. The minimum atomic E-state index is -0.593. The van der Waals surface area contributed by atoms with E-state index in [1.54, 1.807) is 0 Å². The summed E-state index contributed by atoms with van der Waals surface area (Å²) in [7, 11) is 0. The summed E-state index contributed by atoms with van der Waals surface area (Å²) in [4.78, 5) is 10.6. The Balaban J connectivity index is 3.81. The maximum Gasteiger partial charge on any atom is 0.225 e. The van der Waals surface area contributed by atoms with Crippen molar-refractivity contribution in [3.05, 3.63) is 0 Å². The number of carbonyl (C=O) groups excluding carboxylic acids is 1. The van der Waals surface area contributed by atoms with Gasteiger partial charge in [0.15, 0.2) is 0 Å². The fourth-order valence-corrected chi connectivity index (χ4v) is 0.575. The highest BCUT2D eigenvalue weighted by Crippen LogP contribution is 2.09. The number of aliphatic hydroxyl groups excluding tert-OH is 1. The number of ether oxygens (including phenoxy) is 1. The quantitative estimate of drug-likeness (QED) is 0.626. The molecule has 0 saturated carbocycles. The zero-order valence-corrected chi connectivity index (χ0v) is 7.83. The van der Waals surface area contributed by atoms with Crippen LogP contribution in [0.5, 0.6) is 0 Å². The van der Waals surface area contributed by atoms with Gasteiger partial charge in [0.25, 0.3) is 0 Å². The Kier molecular flexibility index (Phi) is 4.20. The Morgan fingerprint density at radius 1 is 1.58 bits per heavy atom. The summed E-state index contributed by atoms with van der Waals surface area (Å²) in [6, 6.07) is 0. The van der Waals surface area contributed by atoms with Gasteiger partial charge in [-0.25, -0.2) is 0 Å². The second-order valence-corrected chi connectivity index (χ2v) is 3.71. The lowest BCUT2D eigenvalue weighted by Gasteiger charge is -2.21. The molecular weight excluding hydrogens is 158 g/mol. The monoisotopic (exact) mass is 175 g/mol. The van der Waals surface area contributed by atoms with Crippen LogP contribution in [0, 0.1) is 5.92 Å². The molecule has 0 saturated heterocycles. The molecule has 0 fully saturated rings. The normalized spacial score (nSPS) is 14.3. The molecule has 4 heteroatoms. The smallest absolute Gasteiger partial charge is 0.225 e. The third-order valence-corrected chi connectivity index (χ3v) is 1.34. The molecule has 1 amide bonds. The molecular formula is C8H17NO3. The lowest BCUT2D eigenvalue weighted by molar-refractivity contribution is -0.127. The van der Waals surface area contributed by atoms with Crippen molar-refractivity contribution in [2.75, 3.05) is 13.2 Å². The van der Waals surface area contributed by atoms with Crippen LogP contribution >= 0.6 is 0 Å². The zero-order chi connectivity index (χ0) is 9.78. The Labute approximate surface area is 72.7 Å². The van der Waals surface area contributed by atoms with Crippen molar-refractivity contribution in [1.82, 2.24) is 0 Å². The number of hydrogen-bond donors (Lipinski definition) is 2. The van der Waals surface area contributed by atoms with Gasteiger partial charge in [0, 0.05) is 0 Å². The van der Waals surface area contributed by atoms with E-state index in [4.69, 9.17) is 15.6 Å². The summed E-state index contributed by atoms with van der Waals surface area (Å²) >= 11 is 0. The molecule has 0 aromatic heterocycles. The van der Waals surface area contributed by atoms with E-state index in [0.29, 0.717) is 0 Å². The number of primary amides is 1. The average molecular weight is 175 g/mol. The first-order chi connectivity index (χ1) is 5.37. The molecule has 0 aromatic rings. The van der Waals surface area contributed by atoms with Crippen LogP contribution in [-0.2, 0) is 9.53 Å². The maximum atomic E-state index is 10.6. The molecule has 72 valence electrons. The zero-order valence-electron chi connectivity index (χ0n) is 7.83. The van der Waals surface area contributed by atoms with E-state index >= 15 is 0 Å². The second-order valence-electron chi connectivity index (χ2n) is 3.71. The Morgan fingerprint density at radius 2 is 2.08 bits per heavy atom. The van der Waals surface area contributed by atoms with Crippen molar-refractivity contribution >= 4 is 5.91 Å². The molecule has 4 nitrogen and oxygen atoms in total. The second kappa shape index (κ2) is 4.42. The molecule has 3 N–H and O–H groups in total. The van der Waals surface area contributed by atoms with Gasteiger partial charge in [-0.1, -0.05) is 0 Å². The average Bonchev–Trinajstić information content (AvgIpc) is 1.85. The third-order valence-electron chi connectivity index (χ3n) is 1.34. The van der Waals surface area contributed by atoms with Crippen LogP contribution in [0.15, 0.2) is 0 Å². The van der Waals surface area contributed by atoms with Gasteiger partial charge in [0.05, 0.1) is 24.7 Å². The van der Waals surface area contributed by atoms with Crippen LogP contribution in [0.1, 0.15) is 20.8 Å². The SMILES string of the molecule is CC(C)(C)OCC(CO)C(N)=O. The number of nitrogens with two attached hydrogens (primary N) is 1. The molecule has 1 unspecified atom stereocenters. The predicted molar refractivity (Wildman–Crippen MR) is 45.5 cm³/mol. The van der Waals surface area contributed by atoms with Crippen molar-refractivity contribution in [3.8, 4) is 0 Å². The van der Waals surface area contributed by atoms with E-state index in [0.717, 1.165) is 0 Å². The number of amides is 1. The van der Waals surface area contributed by atoms with Gasteiger partial charge >= 0.3 is 0 Å². The molecule has 0 bridgehead atoms. The maximum absolute atomic E-state index is 10.6. The van der Waals surface area contributed by atoms with Crippen molar-refractivity contribution < 1.29 is 14.6 Å². The molecule has 0 rings (SSSR count). The van der Waals surface area contributed by atoms with Crippen LogP contribution in [0.25, 0.3) is 0 Å². The van der Waals surface area contributed by atoms with E-state index in [-0.39, 0.29) is 18.8 Å². The van der Waals surface area contributed by atoms with Gasteiger partial charge in [0.1, 0.15) is 0 Å². The molecule has 0 radical (unpaired) electrons. The molecule has 0 aliphatic rings. The number of aliphatic hydroxyl groups is 1. The summed E-state index contributed by atoms with van der Waals surface area (Å²) in [5.74, 6) is -1.12. The van der Waals surface area contributed by atoms with Gasteiger partial charge in [-0.15, -0.1) is 0 Å². The molecule has 1 atom stereocenters. The van der Waals surface area contributed by atoms with E-state index in [1.807, 2.05) is 20.8 Å². The van der Waals surface area contributed by atoms with E-state index in [2.05, 4.69) is 0 Å². The first-order valence-corrected chi connectivity index (χ1v) is 3.91. The fourth-order valence-electron chi connectivity index (χ4n) is 0.575. The first-order valence-electron chi connectivity index (χ1n) is 3.91. The van der Waals surface area contributed by atoms with Gasteiger partial charge in [0.2, 0.25) is 5.91 Å². The number of rotatable bonds is 4. The van der Waals surface area contributed by atoms with Crippen LogP contribution < -0.4 is 5.73 Å². The van der Waals surface area contributed by atoms with E-state index in [9.17, 15) is 4.79 Å². The number of hydrogen-bond acceptors (Lipinski definition) is 3. The highest BCUT2D eigenvalue weighted by Gasteiger charge is 2.18. The highest BCUT2D eigenvalue weighted by molar-refractivity contribution is 5.76. The van der Waals surface area contributed by atoms with Gasteiger partial charge in [-0.3, -0.25) is 4.79 Å². The van der Waals surface area contributed by atoms with E-state index < -0.39 is 11.8 Å². The van der Waals surface area contributed by atoms with Crippen molar-refractivity contribution in [2.24, 2.45) is 11.7 Å². The van der Waals surface area contributed by atoms with Gasteiger partial charge in [-0.05, 0) is 20.8 Å². The lowest BCUT2D eigenvalue weighted by atomic mass is 10.1. The van der Waals surface area contributed by atoms with Crippen molar-refractivity contribution in [3.63, 3.8) is 0 Å². The molecule has 0 aliphatic carbocycles. The Bertz CT molecular complexity index is 151. The fraction of sp³-hybridized carbons (Fsp3) is 0.875. The van der Waals surface area contributed by atoms with Crippen LogP contribution in [-0.4, -0.2) is 29.8 Å². The van der Waals surface area contributed by atoms with Crippen LogP contribution in [0.4, 0.5) is 0 Å². The Hall–Kier alpha value is -0.610. The molecule has 0 aliphatic heterocycles. The third kappa shape index (κ3) is 5.09. The number of carbonyl (C=O) groups is 1. The van der Waals surface area contributed by atoms with Crippen LogP contribution in [0.3, 0.4) is 0 Å². The molecule has 0 spiro atoms.